The summed E-state index contributed by atoms with van der Waals surface area (Å²) in [5, 5.41) is 0. The number of piperazine rings is 1. The number of halogens is 1. The molecular weight excluding hydrogens is 303 g/mol. The molecule has 6 nitrogen and oxygen atoms in total. The average molecular weight is 322 g/mol. The number of amides is 2. The molecule has 0 radical (unpaired) electrons. The predicted octanol–water partition coefficient (Wildman–Crippen LogP) is 1.43. The smallest absolute Gasteiger partial charge is 0.410 e. The lowest BCUT2D eigenvalue weighted by molar-refractivity contribution is -0.105. The van der Waals surface area contributed by atoms with Crippen LogP contribution in [0.2, 0.25) is 0 Å². The first kappa shape index (κ1) is 15.7. The second-order valence-corrected chi connectivity index (χ2v) is 5.79. The summed E-state index contributed by atoms with van der Waals surface area (Å²) in [5.74, 6) is -0.606. The Labute approximate surface area is 133 Å². The van der Waals surface area contributed by atoms with Gasteiger partial charge in [0.05, 0.1) is 13.2 Å². The molecule has 0 atom stereocenters. The van der Waals surface area contributed by atoms with Gasteiger partial charge in [-0.25, -0.2) is 9.18 Å². The number of carbonyl (C=O) groups excluding carboxylic acids is 2. The Bertz CT molecular complexity index is 610. The fourth-order valence-electron chi connectivity index (χ4n) is 2.50. The first-order chi connectivity index (χ1) is 11.0. The summed E-state index contributed by atoms with van der Waals surface area (Å²) in [6.07, 6.45) is -0.524. The van der Waals surface area contributed by atoms with Crippen LogP contribution in [0.3, 0.4) is 0 Å². The van der Waals surface area contributed by atoms with Crippen molar-refractivity contribution in [3.05, 3.63) is 35.1 Å². The molecule has 23 heavy (non-hydrogen) atoms. The molecule has 0 spiro atoms. The molecule has 2 aliphatic heterocycles. The molecule has 0 unspecified atom stereocenters. The van der Waals surface area contributed by atoms with Gasteiger partial charge in [0.15, 0.2) is 6.10 Å². The van der Waals surface area contributed by atoms with Crippen LogP contribution in [-0.2, 0) is 9.47 Å². The van der Waals surface area contributed by atoms with Gasteiger partial charge in [-0.05, 0) is 24.6 Å². The number of aryl methyl sites for hydroxylation is 1. The van der Waals surface area contributed by atoms with E-state index in [2.05, 4.69) is 0 Å². The van der Waals surface area contributed by atoms with E-state index in [1.807, 2.05) is 0 Å². The van der Waals surface area contributed by atoms with E-state index >= 15 is 0 Å². The molecule has 124 valence electrons. The van der Waals surface area contributed by atoms with E-state index in [1.54, 1.807) is 28.9 Å². The zero-order chi connectivity index (χ0) is 16.4. The normalized spacial score (nSPS) is 18.5. The minimum Gasteiger partial charge on any atom is -0.441 e. The Morgan fingerprint density at radius 3 is 2.39 bits per heavy atom. The van der Waals surface area contributed by atoms with Crippen molar-refractivity contribution in [2.75, 3.05) is 39.4 Å². The third-order valence-electron chi connectivity index (χ3n) is 4.12. The SMILES string of the molecule is Cc1ccc(C(=O)N2CCN(C(=O)OC3COC3)CC2)cc1F. The van der Waals surface area contributed by atoms with Crippen LogP contribution < -0.4 is 0 Å². The maximum absolute atomic E-state index is 13.6. The van der Waals surface area contributed by atoms with Gasteiger partial charge in [0.1, 0.15) is 5.82 Å². The van der Waals surface area contributed by atoms with Crippen LogP contribution in [-0.4, -0.2) is 67.3 Å². The van der Waals surface area contributed by atoms with E-state index in [-0.39, 0.29) is 23.9 Å². The highest BCUT2D eigenvalue weighted by atomic mass is 19.1. The molecule has 7 heteroatoms. The Hall–Kier alpha value is -2.15. The molecule has 3 rings (SSSR count). The molecule has 2 saturated heterocycles. The van der Waals surface area contributed by atoms with Crippen molar-refractivity contribution in [3.63, 3.8) is 0 Å². The minimum atomic E-state index is -0.388. The van der Waals surface area contributed by atoms with E-state index < -0.39 is 0 Å². The summed E-state index contributed by atoms with van der Waals surface area (Å²) >= 11 is 0. The van der Waals surface area contributed by atoms with Crippen molar-refractivity contribution >= 4 is 12.0 Å². The number of benzene rings is 1. The van der Waals surface area contributed by atoms with Crippen LogP contribution in [0, 0.1) is 12.7 Å². The maximum Gasteiger partial charge on any atom is 0.410 e. The largest absolute Gasteiger partial charge is 0.441 e. The maximum atomic E-state index is 13.6. The van der Waals surface area contributed by atoms with Gasteiger partial charge in [-0.3, -0.25) is 4.79 Å². The minimum absolute atomic E-state index is 0.155. The quantitative estimate of drug-likeness (QED) is 0.826. The van der Waals surface area contributed by atoms with Crippen molar-refractivity contribution in [2.45, 2.75) is 13.0 Å². The molecule has 0 aromatic heterocycles. The van der Waals surface area contributed by atoms with Gasteiger partial charge in [0, 0.05) is 31.7 Å². The van der Waals surface area contributed by atoms with Crippen LogP contribution in [0.15, 0.2) is 18.2 Å². The van der Waals surface area contributed by atoms with Crippen molar-refractivity contribution in [2.24, 2.45) is 0 Å². The van der Waals surface area contributed by atoms with Crippen LogP contribution in [0.5, 0.6) is 0 Å². The van der Waals surface area contributed by atoms with E-state index in [0.29, 0.717) is 50.5 Å². The Balaban J connectivity index is 1.54. The van der Waals surface area contributed by atoms with Crippen molar-refractivity contribution in [3.8, 4) is 0 Å². The molecule has 2 fully saturated rings. The highest BCUT2D eigenvalue weighted by Crippen LogP contribution is 2.14. The average Bonchev–Trinajstić information content (AvgIpc) is 2.53. The zero-order valence-electron chi connectivity index (χ0n) is 13.0. The number of nitrogens with zero attached hydrogens (tertiary/aromatic N) is 2. The second kappa shape index (κ2) is 6.54. The highest BCUT2D eigenvalue weighted by Gasteiger charge is 2.29. The number of hydrogen-bond acceptors (Lipinski definition) is 4. The lowest BCUT2D eigenvalue weighted by Crippen LogP contribution is -2.52. The van der Waals surface area contributed by atoms with Crippen LogP contribution in [0.1, 0.15) is 15.9 Å². The summed E-state index contributed by atoms with van der Waals surface area (Å²) in [6.45, 7) is 4.18. The summed E-state index contributed by atoms with van der Waals surface area (Å²) in [7, 11) is 0. The van der Waals surface area contributed by atoms with E-state index in [9.17, 15) is 14.0 Å². The van der Waals surface area contributed by atoms with Crippen LogP contribution in [0.4, 0.5) is 9.18 Å². The fraction of sp³-hybridized carbons (Fsp3) is 0.500. The molecule has 1 aromatic rings. The lowest BCUT2D eigenvalue weighted by Gasteiger charge is -2.36. The molecule has 2 amide bonds. The van der Waals surface area contributed by atoms with E-state index in [0.717, 1.165) is 0 Å². The van der Waals surface area contributed by atoms with Crippen LogP contribution in [0.25, 0.3) is 0 Å². The lowest BCUT2D eigenvalue weighted by atomic mass is 10.1. The Morgan fingerprint density at radius 1 is 1.17 bits per heavy atom. The molecule has 0 saturated carbocycles. The highest BCUT2D eigenvalue weighted by molar-refractivity contribution is 5.94. The first-order valence-electron chi connectivity index (χ1n) is 7.63. The van der Waals surface area contributed by atoms with Crippen molar-refractivity contribution < 1.29 is 23.5 Å². The Kier molecular flexibility index (Phi) is 4.47. The summed E-state index contributed by atoms with van der Waals surface area (Å²) in [6, 6.07) is 4.48. The summed E-state index contributed by atoms with van der Waals surface area (Å²) in [4.78, 5) is 27.5. The number of ether oxygens (including phenoxy) is 2. The van der Waals surface area contributed by atoms with Gasteiger partial charge in [0.2, 0.25) is 0 Å². The van der Waals surface area contributed by atoms with Crippen LogP contribution >= 0.6 is 0 Å². The molecule has 0 bridgehead atoms. The molecular formula is C16H19FN2O4. The molecule has 0 N–H and O–H groups in total. The monoisotopic (exact) mass is 322 g/mol. The van der Waals surface area contributed by atoms with Gasteiger partial charge in [-0.15, -0.1) is 0 Å². The third kappa shape index (κ3) is 3.44. The summed E-state index contributed by atoms with van der Waals surface area (Å²) in [5.41, 5.74) is 0.838. The fourth-order valence-corrected chi connectivity index (χ4v) is 2.50. The topological polar surface area (TPSA) is 59.1 Å². The first-order valence-corrected chi connectivity index (χ1v) is 7.63. The standard InChI is InChI=1S/C16H19FN2O4/c1-11-2-3-12(8-14(11)17)15(20)18-4-6-19(7-5-18)16(21)23-13-9-22-10-13/h2-3,8,13H,4-7,9-10H2,1H3. The van der Waals surface area contributed by atoms with Gasteiger partial charge in [-0.2, -0.15) is 0 Å². The molecule has 1 aromatic carbocycles. The number of carbonyl (C=O) groups is 2. The number of hydrogen-bond donors (Lipinski definition) is 0. The third-order valence-corrected chi connectivity index (χ3v) is 4.12. The van der Waals surface area contributed by atoms with E-state index in [4.69, 9.17) is 9.47 Å². The van der Waals surface area contributed by atoms with Crippen molar-refractivity contribution in [1.82, 2.24) is 9.80 Å². The molecule has 2 heterocycles. The summed E-state index contributed by atoms with van der Waals surface area (Å²) < 4.78 is 23.8. The molecule has 2 aliphatic rings. The predicted molar refractivity (Wildman–Crippen MR) is 79.7 cm³/mol. The number of rotatable bonds is 2. The van der Waals surface area contributed by atoms with Gasteiger partial charge in [0.25, 0.3) is 5.91 Å². The van der Waals surface area contributed by atoms with Gasteiger partial charge >= 0.3 is 6.09 Å². The van der Waals surface area contributed by atoms with Gasteiger partial charge < -0.3 is 19.3 Å². The zero-order valence-corrected chi connectivity index (χ0v) is 13.0. The van der Waals surface area contributed by atoms with Crippen molar-refractivity contribution in [1.29, 1.82) is 0 Å². The second-order valence-electron chi connectivity index (χ2n) is 5.79. The van der Waals surface area contributed by atoms with E-state index in [1.165, 1.54) is 6.07 Å². The Morgan fingerprint density at radius 2 is 1.83 bits per heavy atom. The van der Waals surface area contributed by atoms with Gasteiger partial charge in [-0.1, -0.05) is 6.07 Å². The molecule has 0 aliphatic carbocycles.